The Morgan fingerprint density at radius 2 is 1.86 bits per heavy atom. The highest BCUT2D eigenvalue weighted by atomic mass is 128. The summed E-state index contributed by atoms with van der Waals surface area (Å²) in [7, 11) is 0. The number of amides is 2. The van der Waals surface area contributed by atoms with Crippen LogP contribution in [-0.2, 0) is 9.59 Å². The number of likely N-dealkylation sites (tertiary alicyclic amines) is 1. The number of imide groups is 1. The molecule has 0 aromatic heterocycles. The van der Waals surface area contributed by atoms with Gasteiger partial charge in [0.15, 0.2) is 0 Å². The van der Waals surface area contributed by atoms with Crippen LogP contribution >= 0.6 is 37.2 Å². The molecule has 1 saturated heterocycles. The molecule has 1 fully saturated rings. The lowest BCUT2D eigenvalue weighted by atomic mass is 10.1. The molecule has 6 heteroatoms. The third kappa shape index (κ3) is 4.87. The summed E-state index contributed by atoms with van der Waals surface area (Å²) < 4.78 is 0. The maximum absolute atomic E-state index is 11.0. The van der Waals surface area contributed by atoms with E-state index in [4.69, 9.17) is 5.73 Å². The highest BCUT2D eigenvalue weighted by Crippen LogP contribution is 2.16. The maximum atomic E-state index is 11.0. The Kier molecular flexibility index (Phi) is 14.4. The zero-order chi connectivity index (χ0) is 9.72. The second-order valence-electron chi connectivity index (χ2n) is 2.45. The van der Waals surface area contributed by atoms with Crippen molar-refractivity contribution in [1.82, 2.24) is 4.90 Å². The van der Waals surface area contributed by atoms with Crippen molar-refractivity contribution in [2.24, 2.45) is 11.7 Å². The van der Waals surface area contributed by atoms with Crippen LogP contribution < -0.4 is 5.73 Å². The molecule has 0 aliphatic carbocycles. The molecule has 1 heterocycles. The first-order valence-electron chi connectivity index (χ1n) is 3.35. The minimum absolute atomic E-state index is 0. The summed E-state index contributed by atoms with van der Waals surface area (Å²) in [5, 5.41) is 0. The average Bonchev–Trinajstić information content (AvgIpc) is 2.31. The highest BCUT2D eigenvalue weighted by molar-refractivity contribution is 15.0. The Balaban J connectivity index is -0.000000284. The Hall–Kier alpha value is 0.560. The standard InChI is InChI=1S/C6H10N2O2.2CH4.I2/c1-4-2-5(9)8(3-7)6(4)10;;;1-2/h4H,2-3,7H2,1H3;2*1H4;. The number of rotatable bonds is 1. The molecule has 86 valence electrons. The van der Waals surface area contributed by atoms with Crippen LogP contribution in [0.3, 0.4) is 0 Å². The second-order valence-corrected chi connectivity index (χ2v) is 2.45. The van der Waals surface area contributed by atoms with Gasteiger partial charge in [0.25, 0.3) is 0 Å². The van der Waals surface area contributed by atoms with Crippen molar-refractivity contribution in [1.29, 1.82) is 0 Å². The van der Waals surface area contributed by atoms with E-state index in [0.717, 1.165) is 4.90 Å². The normalized spacial score (nSPS) is 19.1. The summed E-state index contributed by atoms with van der Waals surface area (Å²) in [6.07, 6.45) is 0.316. The predicted octanol–water partition coefficient (Wildman–Crippen LogP) is 2.34. The van der Waals surface area contributed by atoms with E-state index in [-0.39, 0.29) is 39.3 Å². The van der Waals surface area contributed by atoms with Gasteiger partial charge in [0.05, 0.1) is 6.67 Å². The molecule has 0 aromatic carbocycles. The van der Waals surface area contributed by atoms with Gasteiger partial charge in [-0.3, -0.25) is 14.5 Å². The molecule has 2 amide bonds. The number of hydrogen-bond donors (Lipinski definition) is 1. The quantitative estimate of drug-likeness (QED) is 0.516. The highest BCUT2D eigenvalue weighted by Gasteiger charge is 2.34. The molecule has 0 radical (unpaired) electrons. The van der Waals surface area contributed by atoms with E-state index in [9.17, 15) is 9.59 Å². The number of carbonyl (C=O) groups is 2. The van der Waals surface area contributed by atoms with Crippen LogP contribution in [0.4, 0.5) is 0 Å². The van der Waals surface area contributed by atoms with Gasteiger partial charge in [-0.05, 0) is 0 Å². The van der Waals surface area contributed by atoms with Crippen molar-refractivity contribution in [2.75, 3.05) is 6.67 Å². The van der Waals surface area contributed by atoms with E-state index < -0.39 is 0 Å². The molecule has 0 aromatic rings. The third-order valence-corrected chi connectivity index (χ3v) is 1.65. The monoisotopic (exact) mass is 428 g/mol. The number of halogens is 2. The van der Waals surface area contributed by atoms with E-state index in [0.29, 0.717) is 6.42 Å². The van der Waals surface area contributed by atoms with Crippen molar-refractivity contribution in [2.45, 2.75) is 28.2 Å². The van der Waals surface area contributed by atoms with E-state index in [2.05, 4.69) is 37.2 Å². The molecule has 2 N–H and O–H groups in total. The molecule has 4 nitrogen and oxygen atoms in total. The number of nitrogens with zero attached hydrogens (tertiary/aromatic N) is 1. The van der Waals surface area contributed by atoms with Gasteiger partial charge in [-0.2, -0.15) is 0 Å². The molecule has 0 spiro atoms. The van der Waals surface area contributed by atoms with Gasteiger partial charge < -0.3 is 5.73 Å². The maximum Gasteiger partial charge on any atom is 0.233 e. The first-order valence-corrected chi connectivity index (χ1v) is 9.64. The summed E-state index contributed by atoms with van der Waals surface area (Å²) >= 11 is 4.24. The van der Waals surface area contributed by atoms with E-state index in [1.165, 1.54) is 0 Å². The number of nitrogens with two attached hydrogens (primary N) is 1. The predicted molar refractivity (Wildman–Crippen MR) is 76.2 cm³/mol. The molecular weight excluding hydrogens is 410 g/mol. The van der Waals surface area contributed by atoms with Gasteiger partial charge in [0.1, 0.15) is 0 Å². The van der Waals surface area contributed by atoms with Gasteiger partial charge in [-0.15, -0.1) is 0 Å². The first kappa shape index (κ1) is 20.0. The fourth-order valence-electron chi connectivity index (χ4n) is 1.04. The lowest BCUT2D eigenvalue weighted by molar-refractivity contribution is -0.139. The van der Waals surface area contributed by atoms with E-state index >= 15 is 0 Å². The van der Waals surface area contributed by atoms with Crippen LogP contribution in [0.5, 0.6) is 0 Å². The van der Waals surface area contributed by atoms with Gasteiger partial charge in [0, 0.05) is 49.6 Å². The molecule has 14 heavy (non-hydrogen) atoms. The van der Waals surface area contributed by atoms with Crippen molar-refractivity contribution < 1.29 is 9.59 Å². The SMILES string of the molecule is C.C.CC1CC(=O)N(CN)C1=O.II. The van der Waals surface area contributed by atoms with Crippen molar-refractivity contribution in [3.8, 4) is 0 Å². The van der Waals surface area contributed by atoms with E-state index in [1.807, 2.05) is 0 Å². The minimum atomic E-state index is -0.170. The largest absolute Gasteiger partial charge is 0.313 e. The van der Waals surface area contributed by atoms with Gasteiger partial charge in [0.2, 0.25) is 11.8 Å². The fraction of sp³-hybridized carbons (Fsp3) is 0.750. The average molecular weight is 428 g/mol. The van der Waals surface area contributed by atoms with Gasteiger partial charge >= 0.3 is 0 Å². The third-order valence-electron chi connectivity index (χ3n) is 1.65. The molecule has 1 aliphatic rings. The van der Waals surface area contributed by atoms with Crippen molar-refractivity contribution in [3.05, 3.63) is 0 Å². The molecule has 1 aliphatic heterocycles. The molecule has 1 rings (SSSR count). The smallest absolute Gasteiger partial charge is 0.233 e. The first-order chi connectivity index (χ1) is 5.66. The number of carbonyl (C=O) groups excluding carboxylic acids is 2. The van der Waals surface area contributed by atoms with Gasteiger partial charge in [-0.1, -0.05) is 21.8 Å². The Labute approximate surface area is 109 Å². The topological polar surface area (TPSA) is 63.4 Å². The molecule has 0 saturated carbocycles. The van der Waals surface area contributed by atoms with E-state index in [1.54, 1.807) is 6.92 Å². The van der Waals surface area contributed by atoms with Crippen LogP contribution in [0, 0.1) is 5.92 Å². The summed E-state index contributed by atoms with van der Waals surface area (Å²) in [6.45, 7) is 1.75. The lowest BCUT2D eigenvalue weighted by Gasteiger charge is -2.09. The summed E-state index contributed by atoms with van der Waals surface area (Å²) in [5.74, 6) is -0.469. The summed E-state index contributed by atoms with van der Waals surface area (Å²) in [4.78, 5) is 22.9. The Morgan fingerprint density at radius 3 is 2.00 bits per heavy atom. The van der Waals surface area contributed by atoms with Crippen molar-refractivity contribution in [3.63, 3.8) is 0 Å². The van der Waals surface area contributed by atoms with Crippen LogP contribution in [0.2, 0.25) is 0 Å². The van der Waals surface area contributed by atoms with Crippen LogP contribution in [0.15, 0.2) is 0 Å². The van der Waals surface area contributed by atoms with Crippen LogP contribution in [-0.4, -0.2) is 23.4 Å². The number of hydrogen-bond acceptors (Lipinski definition) is 3. The Bertz CT molecular complexity index is 188. The van der Waals surface area contributed by atoms with Crippen molar-refractivity contribution >= 4 is 49.0 Å². The summed E-state index contributed by atoms with van der Waals surface area (Å²) in [6, 6.07) is 0. The van der Waals surface area contributed by atoms with Gasteiger partial charge in [-0.25, -0.2) is 0 Å². The van der Waals surface area contributed by atoms with Crippen LogP contribution in [0.1, 0.15) is 28.2 Å². The Morgan fingerprint density at radius 1 is 1.43 bits per heavy atom. The summed E-state index contributed by atoms with van der Waals surface area (Å²) in [5.41, 5.74) is 5.16. The minimum Gasteiger partial charge on any atom is -0.313 e. The second kappa shape index (κ2) is 10.1. The molecule has 1 unspecified atom stereocenters. The molecule has 1 atom stereocenters. The fourth-order valence-corrected chi connectivity index (χ4v) is 1.04. The molecule has 0 bridgehead atoms. The lowest BCUT2D eigenvalue weighted by Crippen LogP contribution is -2.35. The zero-order valence-electron chi connectivity index (χ0n) is 6.59. The zero-order valence-corrected chi connectivity index (χ0v) is 10.9. The molecular formula is C8H18I2N2O2. The van der Waals surface area contributed by atoms with Crippen LogP contribution in [0.25, 0.3) is 0 Å².